The van der Waals surface area contributed by atoms with E-state index in [0.29, 0.717) is 25.2 Å². The molecule has 1 saturated heterocycles. The summed E-state index contributed by atoms with van der Waals surface area (Å²) in [5, 5.41) is 5.78. The Morgan fingerprint density at radius 1 is 1.03 bits per heavy atom. The maximum Gasteiger partial charge on any atom is 0.319 e. The Morgan fingerprint density at radius 2 is 1.66 bits per heavy atom. The van der Waals surface area contributed by atoms with Crippen LogP contribution in [0.3, 0.4) is 0 Å². The third-order valence-electron chi connectivity index (χ3n) is 5.67. The summed E-state index contributed by atoms with van der Waals surface area (Å²) in [6.45, 7) is 4.86. The van der Waals surface area contributed by atoms with Gasteiger partial charge in [0, 0.05) is 37.3 Å². The molecule has 1 aliphatic heterocycles. The molecule has 8 nitrogen and oxygen atoms in total. The van der Waals surface area contributed by atoms with Crippen molar-refractivity contribution in [3.8, 4) is 0 Å². The zero-order valence-electron chi connectivity index (χ0n) is 17.2. The highest BCUT2D eigenvalue weighted by Crippen LogP contribution is 2.21. The molecule has 4 N–H and O–H groups in total. The van der Waals surface area contributed by atoms with Crippen molar-refractivity contribution in [1.82, 2.24) is 20.4 Å². The predicted octanol–water partition coefficient (Wildman–Crippen LogP) is 1.19. The SMILES string of the molecule is CCNC(=O)N1CCN(C(=O)c2ccc(C)cc2)C1C(=O)NC1CCC(N)CC1. The quantitative estimate of drug-likeness (QED) is 0.704. The van der Waals surface area contributed by atoms with Gasteiger partial charge in [0.05, 0.1) is 0 Å². The van der Waals surface area contributed by atoms with Crippen LogP contribution in [0.2, 0.25) is 0 Å². The van der Waals surface area contributed by atoms with Crippen LogP contribution in [-0.4, -0.2) is 65.5 Å². The minimum atomic E-state index is -0.953. The van der Waals surface area contributed by atoms with E-state index in [1.807, 2.05) is 26.0 Å². The standard InChI is InChI=1S/C21H31N5O3/c1-3-23-21(29)26-13-12-25(20(28)15-6-4-14(2)5-7-15)19(26)18(27)24-17-10-8-16(22)9-11-17/h4-7,16-17,19H,3,8-13,22H2,1-2H3,(H,23,29)(H,24,27). The number of amides is 4. The van der Waals surface area contributed by atoms with Crippen LogP contribution >= 0.6 is 0 Å². The monoisotopic (exact) mass is 401 g/mol. The van der Waals surface area contributed by atoms with Gasteiger partial charge in [-0.3, -0.25) is 14.5 Å². The van der Waals surface area contributed by atoms with Crippen LogP contribution in [0.1, 0.15) is 48.5 Å². The number of urea groups is 1. The van der Waals surface area contributed by atoms with Crippen LogP contribution in [-0.2, 0) is 4.79 Å². The van der Waals surface area contributed by atoms with Gasteiger partial charge in [-0.2, -0.15) is 0 Å². The van der Waals surface area contributed by atoms with Gasteiger partial charge in [-0.15, -0.1) is 0 Å². The largest absolute Gasteiger partial charge is 0.350 e. The summed E-state index contributed by atoms with van der Waals surface area (Å²) in [6, 6.07) is 7.11. The average molecular weight is 402 g/mol. The Labute approximate surface area is 171 Å². The number of hydrogen-bond acceptors (Lipinski definition) is 4. The van der Waals surface area contributed by atoms with Crippen molar-refractivity contribution in [2.75, 3.05) is 19.6 Å². The van der Waals surface area contributed by atoms with Gasteiger partial charge in [0.25, 0.3) is 11.8 Å². The number of carbonyl (C=O) groups is 3. The van der Waals surface area contributed by atoms with Gasteiger partial charge in [0.2, 0.25) is 0 Å². The first kappa shape index (κ1) is 21.1. The summed E-state index contributed by atoms with van der Waals surface area (Å²) in [7, 11) is 0. The lowest BCUT2D eigenvalue weighted by Crippen LogP contribution is -2.57. The molecule has 1 aliphatic carbocycles. The Kier molecular flexibility index (Phi) is 6.74. The lowest BCUT2D eigenvalue weighted by molar-refractivity contribution is -0.129. The normalized spacial score (nSPS) is 24.3. The predicted molar refractivity (Wildman–Crippen MR) is 110 cm³/mol. The van der Waals surface area contributed by atoms with Gasteiger partial charge in [-0.1, -0.05) is 17.7 Å². The van der Waals surface area contributed by atoms with E-state index in [0.717, 1.165) is 31.2 Å². The first-order chi connectivity index (χ1) is 13.9. The highest BCUT2D eigenvalue weighted by Gasteiger charge is 2.43. The number of nitrogens with one attached hydrogen (secondary N) is 2. The van der Waals surface area contributed by atoms with Crippen LogP contribution < -0.4 is 16.4 Å². The van der Waals surface area contributed by atoms with Crippen LogP contribution in [0, 0.1) is 6.92 Å². The van der Waals surface area contributed by atoms with Crippen LogP contribution in [0.5, 0.6) is 0 Å². The number of aryl methyl sites for hydroxylation is 1. The molecule has 4 amide bonds. The van der Waals surface area contributed by atoms with Gasteiger partial charge in [0.1, 0.15) is 0 Å². The fourth-order valence-electron chi connectivity index (χ4n) is 3.99. The number of nitrogens with two attached hydrogens (primary N) is 1. The number of rotatable bonds is 4. The van der Waals surface area contributed by atoms with Crippen molar-refractivity contribution in [3.63, 3.8) is 0 Å². The van der Waals surface area contributed by atoms with E-state index in [9.17, 15) is 14.4 Å². The van der Waals surface area contributed by atoms with Crippen molar-refractivity contribution in [2.24, 2.45) is 5.73 Å². The van der Waals surface area contributed by atoms with Crippen molar-refractivity contribution < 1.29 is 14.4 Å². The first-order valence-corrected chi connectivity index (χ1v) is 10.4. The summed E-state index contributed by atoms with van der Waals surface area (Å²) in [4.78, 5) is 41.7. The van der Waals surface area contributed by atoms with Crippen LogP contribution in [0.4, 0.5) is 4.79 Å². The second-order valence-corrected chi connectivity index (χ2v) is 7.89. The van der Waals surface area contributed by atoms with Crippen molar-refractivity contribution >= 4 is 17.8 Å². The molecule has 2 fully saturated rings. The molecule has 1 unspecified atom stereocenters. The zero-order chi connectivity index (χ0) is 21.0. The van der Waals surface area contributed by atoms with Gasteiger partial charge in [-0.25, -0.2) is 4.79 Å². The molecule has 0 radical (unpaired) electrons. The van der Waals surface area contributed by atoms with E-state index in [2.05, 4.69) is 10.6 Å². The zero-order valence-corrected chi connectivity index (χ0v) is 17.2. The Morgan fingerprint density at radius 3 is 2.28 bits per heavy atom. The van der Waals surface area contributed by atoms with Gasteiger partial charge < -0.3 is 21.3 Å². The average Bonchev–Trinajstić information content (AvgIpc) is 3.15. The lowest BCUT2D eigenvalue weighted by Gasteiger charge is -2.32. The van der Waals surface area contributed by atoms with Crippen molar-refractivity contribution in [1.29, 1.82) is 0 Å². The minimum absolute atomic E-state index is 0.0234. The Balaban J connectivity index is 1.78. The summed E-state index contributed by atoms with van der Waals surface area (Å²) in [5.74, 6) is -0.558. The molecule has 2 aliphatic rings. The fraction of sp³-hybridized carbons (Fsp3) is 0.571. The second kappa shape index (κ2) is 9.26. The highest BCUT2D eigenvalue weighted by molar-refractivity contribution is 5.99. The topological polar surface area (TPSA) is 108 Å². The molecule has 1 atom stereocenters. The third kappa shape index (κ3) is 4.87. The third-order valence-corrected chi connectivity index (χ3v) is 5.67. The van der Waals surface area contributed by atoms with E-state index in [-0.39, 0.29) is 29.9 Å². The van der Waals surface area contributed by atoms with Gasteiger partial charge in [0.15, 0.2) is 6.17 Å². The molecule has 1 saturated carbocycles. The van der Waals surface area contributed by atoms with E-state index in [1.54, 1.807) is 12.1 Å². The van der Waals surface area contributed by atoms with Crippen molar-refractivity contribution in [3.05, 3.63) is 35.4 Å². The minimum Gasteiger partial charge on any atom is -0.350 e. The summed E-state index contributed by atoms with van der Waals surface area (Å²) >= 11 is 0. The molecule has 0 aromatic heterocycles. The van der Waals surface area contributed by atoms with E-state index in [1.165, 1.54) is 9.80 Å². The molecule has 0 bridgehead atoms. The molecule has 0 spiro atoms. The smallest absolute Gasteiger partial charge is 0.319 e. The van der Waals surface area contributed by atoms with E-state index in [4.69, 9.17) is 5.73 Å². The Hall–Kier alpha value is -2.61. The van der Waals surface area contributed by atoms with Crippen molar-refractivity contribution in [2.45, 2.75) is 57.8 Å². The van der Waals surface area contributed by atoms with Gasteiger partial charge >= 0.3 is 6.03 Å². The molecular weight excluding hydrogens is 370 g/mol. The number of benzene rings is 1. The molecule has 29 heavy (non-hydrogen) atoms. The molecule has 158 valence electrons. The first-order valence-electron chi connectivity index (χ1n) is 10.4. The molecule has 1 aromatic carbocycles. The summed E-state index contributed by atoms with van der Waals surface area (Å²) < 4.78 is 0. The molecule has 8 heteroatoms. The van der Waals surface area contributed by atoms with Gasteiger partial charge in [-0.05, 0) is 51.7 Å². The number of carbonyl (C=O) groups excluding carboxylic acids is 3. The maximum atomic E-state index is 13.2. The van der Waals surface area contributed by atoms with E-state index < -0.39 is 6.17 Å². The van der Waals surface area contributed by atoms with Crippen LogP contribution in [0.25, 0.3) is 0 Å². The second-order valence-electron chi connectivity index (χ2n) is 7.89. The Bertz CT molecular complexity index is 743. The summed E-state index contributed by atoms with van der Waals surface area (Å²) in [5.41, 5.74) is 7.52. The number of hydrogen-bond donors (Lipinski definition) is 3. The highest BCUT2D eigenvalue weighted by atomic mass is 16.2. The van der Waals surface area contributed by atoms with E-state index >= 15 is 0 Å². The lowest BCUT2D eigenvalue weighted by atomic mass is 9.92. The van der Waals surface area contributed by atoms with Crippen LogP contribution in [0.15, 0.2) is 24.3 Å². The molecular formula is C21H31N5O3. The molecule has 3 rings (SSSR count). The number of nitrogens with zero attached hydrogens (tertiary/aromatic N) is 2. The maximum absolute atomic E-state index is 13.2. The fourth-order valence-corrected chi connectivity index (χ4v) is 3.99. The molecule has 1 heterocycles. The summed E-state index contributed by atoms with van der Waals surface area (Å²) in [6.07, 6.45) is 2.40. The molecule has 1 aromatic rings.